The molecule has 0 bridgehead atoms. The number of nitrogens with zero attached hydrogens (tertiary/aromatic N) is 1. The summed E-state index contributed by atoms with van der Waals surface area (Å²) >= 11 is 4.88. The van der Waals surface area contributed by atoms with E-state index in [1.165, 1.54) is 0 Å². The third-order valence-electron chi connectivity index (χ3n) is 2.85. The van der Waals surface area contributed by atoms with Crippen molar-refractivity contribution in [1.82, 2.24) is 0 Å². The molecule has 0 fully saturated rings. The summed E-state index contributed by atoms with van der Waals surface area (Å²) in [5.41, 5.74) is 7.29. The van der Waals surface area contributed by atoms with Gasteiger partial charge >= 0.3 is 0 Å². The van der Waals surface area contributed by atoms with Crippen LogP contribution in [-0.2, 0) is 9.84 Å². The summed E-state index contributed by atoms with van der Waals surface area (Å²) in [5.74, 6) is 0.426. The van der Waals surface area contributed by atoms with Crippen LogP contribution >= 0.6 is 12.2 Å². The Morgan fingerprint density at radius 3 is 2.32 bits per heavy atom. The van der Waals surface area contributed by atoms with Gasteiger partial charge in [0.2, 0.25) is 0 Å². The Bertz CT molecular complexity index is 524. The SMILES string of the molecule is CCCS(=O)(=O)CCN(C)c1ccc(C(N)=S)cc1. The normalized spacial score (nSPS) is 11.3. The van der Waals surface area contributed by atoms with Crippen LogP contribution in [0.3, 0.4) is 0 Å². The topological polar surface area (TPSA) is 63.4 Å². The molecule has 0 aliphatic carbocycles. The van der Waals surface area contributed by atoms with Crippen LogP contribution in [0.4, 0.5) is 5.69 Å². The first-order valence-corrected chi connectivity index (χ1v) is 8.40. The molecule has 19 heavy (non-hydrogen) atoms. The van der Waals surface area contributed by atoms with Gasteiger partial charge in [0.05, 0.1) is 5.75 Å². The summed E-state index contributed by atoms with van der Waals surface area (Å²) in [6.45, 7) is 2.35. The molecule has 0 aromatic heterocycles. The molecule has 0 unspecified atom stereocenters. The fourth-order valence-corrected chi connectivity index (χ4v) is 3.21. The van der Waals surface area contributed by atoms with Gasteiger partial charge in [-0.15, -0.1) is 0 Å². The van der Waals surface area contributed by atoms with E-state index in [-0.39, 0.29) is 11.5 Å². The summed E-state index contributed by atoms with van der Waals surface area (Å²) in [5, 5.41) is 0. The van der Waals surface area contributed by atoms with E-state index >= 15 is 0 Å². The predicted octanol–water partition coefficient (Wildman–Crippen LogP) is 1.58. The summed E-state index contributed by atoms with van der Waals surface area (Å²) in [6.07, 6.45) is 0.661. The van der Waals surface area contributed by atoms with E-state index in [1.54, 1.807) is 0 Å². The monoisotopic (exact) mass is 300 g/mol. The van der Waals surface area contributed by atoms with E-state index in [0.29, 0.717) is 18.0 Å². The van der Waals surface area contributed by atoms with Gasteiger partial charge < -0.3 is 10.6 Å². The molecule has 106 valence electrons. The Hall–Kier alpha value is -1.14. The Labute approximate surface area is 120 Å². The van der Waals surface area contributed by atoms with Crippen molar-refractivity contribution >= 4 is 32.7 Å². The quantitative estimate of drug-likeness (QED) is 0.775. The number of benzene rings is 1. The van der Waals surface area contributed by atoms with Gasteiger partial charge in [0.25, 0.3) is 0 Å². The van der Waals surface area contributed by atoms with Crippen LogP contribution in [0.25, 0.3) is 0 Å². The highest BCUT2D eigenvalue weighted by Gasteiger charge is 2.11. The number of hydrogen-bond donors (Lipinski definition) is 1. The number of rotatable bonds is 7. The minimum atomic E-state index is -2.94. The molecule has 6 heteroatoms. The predicted molar refractivity (Wildman–Crippen MR) is 84.5 cm³/mol. The van der Waals surface area contributed by atoms with Gasteiger partial charge in [0, 0.05) is 30.6 Å². The standard InChI is InChI=1S/C13H20N2O2S2/c1-3-9-19(16,17)10-8-15(2)12-6-4-11(5-7-12)13(14)18/h4-7H,3,8-10H2,1-2H3,(H2,14,18). The maximum absolute atomic E-state index is 11.6. The van der Waals surface area contributed by atoms with Crippen LogP contribution < -0.4 is 10.6 Å². The van der Waals surface area contributed by atoms with Gasteiger partial charge in [-0.1, -0.05) is 19.1 Å². The molecule has 4 nitrogen and oxygen atoms in total. The fraction of sp³-hybridized carbons (Fsp3) is 0.462. The van der Waals surface area contributed by atoms with Crippen molar-refractivity contribution in [1.29, 1.82) is 0 Å². The summed E-state index contributed by atoms with van der Waals surface area (Å²) in [7, 11) is -1.07. The van der Waals surface area contributed by atoms with Crippen LogP contribution in [0.2, 0.25) is 0 Å². The average molecular weight is 300 g/mol. The lowest BCUT2D eigenvalue weighted by atomic mass is 10.2. The van der Waals surface area contributed by atoms with Crippen LogP contribution in [-0.4, -0.2) is 38.5 Å². The third-order valence-corrected chi connectivity index (χ3v) is 4.92. The Kier molecular flexibility index (Phi) is 5.75. The molecule has 0 saturated heterocycles. The average Bonchev–Trinajstić information content (AvgIpc) is 2.36. The van der Waals surface area contributed by atoms with Crippen molar-refractivity contribution < 1.29 is 8.42 Å². The first kappa shape index (κ1) is 15.9. The number of sulfone groups is 1. The molecule has 0 aliphatic heterocycles. The molecule has 0 radical (unpaired) electrons. The van der Waals surface area contributed by atoms with Crippen molar-refractivity contribution in [3.8, 4) is 0 Å². The van der Waals surface area contributed by atoms with Crippen LogP contribution in [0, 0.1) is 0 Å². The van der Waals surface area contributed by atoms with Crippen LogP contribution in [0.15, 0.2) is 24.3 Å². The summed E-state index contributed by atoms with van der Waals surface area (Å²) < 4.78 is 23.3. The lowest BCUT2D eigenvalue weighted by molar-refractivity contribution is 0.594. The number of nitrogens with two attached hydrogens (primary N) is 1. The molecule has 0 atom stereocenters. The highest BCUT2D eigenvalue weighted by Crippen LogP contribution is 2.14. The van der Waals surface area contributed by atoms with Crippen LogP contribution in [0.5, 0.6) is 0 Å². The van der Waals surface area contributed by atoms with Crippen molar-refractivity contribution in [2.45, 2.75) is 13.3 Å². The summed E-state index contributed by atoms with van der Waals surface area (Å²) in [4.78, 5) is 2.27. The first-order chi connectivity index (χ1) is 8.85. The first-order valence-electron chi connectivity index (χ1n) is 6.17. The van der Waals surface area contributed by atoms with Crippen molar-refractivity contribution in [2.24, 2.45) is 5.73 Å². The minimum Gasteiger partial charge on any atom is -0.389 e. The Balaban J connectivity index is 2.63. The van der Waals surface area contributed by atoms with E-state index in [1.807, 2.05) is 43.1 Å². The second-order valence-electron chi connectivity index (χ2n) is 4.48. The molecular formula is C13H20N2O2S2. The molecule has 1 aromatic carbocycles. The van der Waals surface area contributed by atoms with Crippen molar-refractivity contribution in [2.75, 3.05) is 30.0 Å². The highest BCUT2D eigenvalue weighted by atomic mass is 32.2. The van der Waals surface area contributed by atoms with E-state index in [9.17, 15) is 8.42 Å². The zero-order chi connectivity index (χ0) is 14.5. The lowest BCUT2D eigenvalue weighted by Crippen LogP contribution is -2.26. The Morgan fingerprint density at radius 1 is 1.26 bits per heavy atom. The molecular weight excluding hydrogens is 280 g/mol. The van der Waals surface area contributed by atoms with Gasteiger partial charge in [-0.2, -0.15) is 0 Å². The highest BCUT2D eigenvalue weighted by molar-refractivity contribution is 7.91. The summed E-state index contributed by atoms with van der Waals surface area (Å²) in [6, 6.07) is 7.46. The van der Waals surface area contributed by atoms with E-state index in [4.69, 9.17) is 18.0 Å². The molecule has 1 rings (SSSR count). The fourth-order valence-electron chi connectivity index (χ4n) is 1.70. The molecule has 0 spiro atoms. The molecule has 0 aliphatic rings. The van der Waals surface area contributed by atoms with E-state index in [0.717, 1.165) is 11.3 Å². The molecule has 2 N–H and O–H groups in total. The maximum atomic E-state index is 11.6. The van der Waals surface area contributed by atoms with Gasteiger partial charge in [-0.3, -0.25) is 0 Å². The second-order valence-corrected chi connectivity index (χ2v) is 7.23. The lowest BCUT2D eigenvalue weighted by Gasteiger charge is -2.19. The second kappa shape index (κ2) is 6.86. The molecule has 0 saturated carbocycles. The number of hydrogen-bond acceptors (Lipinski definition) is 4. The molecule has 0 amide bonds. The van der Waals surface area contributed by atoms with Gasteiger partial charge in [0.1, 0.15) is 4.99 Å². The van der Waals surface area contributed by atoms with Gasteiger partial charge in [0.15, 0.2) is 9.84 Å². The van der Waals surface area contributed by atoms with E-state index < -0.39 is 9.84 Å². The minimum absolute atomic E-state index is 0.175. The third kappa shape index (κ3) is 5.16. The van der Waals surface area contributed by atoms with Gasteiger partial charge in [-0.25, -0.2) is 8.42 Å². The Morgan fingerprint density at radius 2 is 1.84 bits per heavy atom. The molecule has 0 heterocycles. The molecule has 1 aromatic rings. The maximum Gasteiger partial charge on any atom is 0.152 e. The van der Waals surface area contributed by atoms with Gasteiger partial charge in [-0.05, 0) is 30.7 Å². The van der Waals surface area contributed by atoms with Crippen molar-refractivity contribution in [3.63, 3.8) is 0 Å². The zero-order valence-corrected chi connectivity index (χ0v) is 12.9. The zero-order valence-electron chi connectivity index (χ0n) is 11.3. The largest absolute Gasteiger partial charge is 0.389 e. The smallest absolute Gasteiger partial charge is 0.152 e. The number of anilines is 1. The van der Waals surface area contributed by atoms with Crippen molar-refractivity contribution in [3.05, 3.63) is 29.8 Å². The van der Waals surface area contributed by atoms with Crippen LogP contribution in [0.1, 0.15) is 18.9 Å². The van der Waals surface area contributed by atoms with E-state index in [2.05, 4.69) is 0 Å². The number of thiocarbonyl (C=S) groups is 1.